The van der Waals surface area contributed by atoms with E-state index in [0.29, 0.717) is 23.2 Å². The predicted molar refractivity (Wildman–Crippen MR) is 113 cm³/mol. The molecule has 0 saturated heterocycles. The number of rotatable bonds is 4. The quantitative estimate of drug-likeness (QED) is 0.595. The van der Waals surface area contributed by atoms with Gasteiger partial charge in [0.25, 0.3) is 11.5 Å². The highest BCUT2D eigenvalue weighted by Crippen LogP contribution is 2.41. The van der Waals surface area contributed by atoms with Crippen LogP contribution in [0.15, 0.2) is 47.3 Å². The number of anilines is 1. The van der Waals surface area contributed by atoms with Crippen molar-refractivity contribution in [2.24, 2.45) is 0 Å². The molecule has 0 saturated carbocycles. The summed E-state index contributed by atoms with van der Waals surface area (Å²) < 4.78 is 28.9. The smallest absolute Gasteiger partial charge is 0.268 e. The number of nitrogens with zero attached hydrogens (tertiary/aromatic N) is 1. The van der Waals surface area contributed by atoms with Crippen LogP contribution < -0.4 is 15.6 Å². The van der Waals surface area contributed by atoms with Crippen molar-refractivity contribution in [1.82, 2.24) is 10.2 Å². The maximum absolute atomic E-state index is 12.4. The SMILES string of the molecule is [2H]C([2H])([2H])C1CCc2c(Oc3c(Cl)cc(NC(=O)c4ccccc4)cc3Cl)n[nH]c(=O)c21. The molecule has 8 heteroatoms. The highest BCUT2D eigenvalue weighted by atomic mass is 35.5. The first-order chi connectivity index (χ1) is 15.1. The average Bonchev–Trinajstić information content (AvgIpc) is 3.20. The summed E-state index contributed by atoms with van der Waals surface area (Å²) in [6, 6.07) is 11.6. The molecule has 1 amide bonds. The molecule has 0 bridgehead atoms. The van der Waals surface area contributed by atoms with Crippen molar-refractivity contribution in [3.05, 3.63) is 79.6 Å². The molecule has 0 radical (unpaired) electrons. The van der Waals surface area contributed by atoms with Crippen molar-refractivity contribution >= 4 is 34.8 Å². The Morgan fingerprint density at radius 3 is 2.69 bits per heavy atom. The first-order valence-corrected chi connectivity index (χ1v) is 9.55. The summed E-state index contributed by atoms with van der Waals surface area (Å²) in [5.41, 5.74) is 0.847. The number of halogens is 2. The monoisotopic (exact) mass is 432 g/mol. The van der Waals surface area contributed by atoms with Gasteiger partial charge in [-0.3, -0.25) is 9.59 Å². The molecular weight excluding hydrogens is 413 g/mol. The molecule has 29 heavy (non-hydrogen) atoms. The van der Waals surface area contributed by atoms with Crippen molar-refractivity contribution in [2.45, 2.75) is 25.6 Å². The highest BCUT2D eigenvalue weighted by molar-refractivity contribution is 6.37. The molecule has 148 valence electrons. The topological polar surface area (TPSA) is 84.1 Å². The maximum atomic E-state index is 12.4. The third-order valence-electron chi connectivity index (χ3n) is 4.61. The van der Waals surface area contributed by atoms with Crippen LogP contribution in [-0.2, 0) is 6.42 Å². The summed E-state index contributed by atoms with van der Waals surface area (Å²) in [6.45, 7) is -2.31. The number of amides is 1. The lowest BCUT2D eigenvalue weighted by atomic mass is 10.1. The Kier molecular flexibility index (Phi) is 4.36. The Balaban J connectivity index is 1.62. The van der Waals surface area contributed by atoms with Gasteiger partial charge in [0.05, 0.1) is 10.0 Å². The van der Waals surface area contributed by atoms with Crippen LogP contribution in [0.1, 0.15) is 44.8 Å². The number of nitrogens with one attached hydrogen (secondary N) is 2. The van der Waals surface area contributed by atoms with Crippen LogP contribution in [0.5, 0.6) is 11.6 Å². The number of carbonyl (C=O) groups excluding carboxylic acids is 1. The summed E-state index contributed by atoms with van der Waals surface area (Å²) in [6.07, 6.45) is 0.605. The number of hydrogen-bond donors (Lipinski definition) is 2. The standard InChI is InChI=1S/C21H17Cl2N3O3/c1-11-7-8-14-17(11)20(28)25-26-21(14)29-18-15(22)9-13(10-16(18)23)24-19(27)12-5-3-2-4-6-12/h2-6,9-11H,7-8H2,1H3,(H,24,27)(H,25,28)/i1D3. The Labute approximate surface area is 181 Å². The third-order valence-corrected chi connectivity index (χ3v) is 5.17. The highest BCUT2D eigenvalue weighted by Gasteiger charge is 2.27. The number of carbonyl (C=O) groups is 1. The van der Waals surface area contributed by atoms with E-state index in [1.54, 1.807) is 30.3 Å². The Morgan fingerprint density at radius 2 is 2.00 bits per heavy atom. The fourth-order valence-corrected chi connectivity index (χ4v) is 3.79. The van der Waals surface area contributed by atoms with Gasteiger partial charge in [-0.25, -0.2) is 5.10 Å². The summed E-state index contributed by atoms with van der Waals surface area (Å²) in [5, 5.41) is 9.14. The number of fused-ring (bicyclic) bond motifs is 1. The molecule has 1 aromatic heterocycles. The van der Waals surface area contributed by atoms with Gasteiger partial charge in [0.2, 0.25) is 5.88 Å². The van der Waals surface area contributed by atoms with Crippen LogP contribution in [-0.4, -0.2) is 16.1 Å². The average molecular weight is 433 g/mol. The van der Waals surface area contributed by atoms with E-state index >= 15 is 0 Å². The molecule has 2 aromatic carbocycles. The molecule has 1 atom stereocenters. The summed E-state index contributed by atoms with van der Waals surface area (Å²) >= 11 is 12.7. The van der Waals surface area contributed by atoms with Crippen LogP contribution in [0.25, 0.3) is 0 Å². The van der Waals surface area contributed by atoms with Crippen molar-refractivity contribution < 1.29 is 13.6 Å². The van der Waals surface area contributed by atoms with Crippen molar-refractivity contribution in [2.75, 3.05) is 5.32 Å². The second-order valence-electron chi connectivity index (χ2n) is 6.53. The first kappa shape index (κ1) is 16.0. The van der Waals surface area contributed by atoms with Gasteiger partial charge >= 0.3 is 0 Å². The zero-order valence-electron chi connectivity index (χ0n) is 18.0. The van der Waals surface area contributed by atoms with Crippen molar-refractivity contribution in [3.63, 3.8) is 0 Å². The van der Waals surface area contributed by atoms with Gasteiger partial charge < -0.3 is 10.1 Å². The minimum Gasteiger partial charge on any atom is -0.434 e. The number of H-pyrrole nitrogens is 1. The molecule has 4 rings (SSSR count). The van der Waals surface area contributed by atoms with Crippen LogP contribution in [0.2, 0.25) is 10.0 Å². The molecule has 2 N–H and O–H groups in total. The zero-order chi connectivity index (χ0) is 23.0. The normalized spacial score (nSPS) is 17.0. The molecule has 1 unspecified atom stereocenters. The Bertz CT molecular complexity index is 1220. The number of hydrogen-bond acceptors (Lipinski definition) is 4. The third kappa shape index (κ3) is 3.86. The van der Waals surface area contributed by atoms with E-state index in [2.05, 4.69) is 15.5 Å². The molecule has 0 fully saturated rings. The molecule has 3 aromatic rings. The molecule has 1 heterocycles. The van der Waals surface area contributed by atoms with Gasteiger partial charge in [0.1, 0.15) is 0 Å². The van der Waals surface area contributed by atoms with Crippen LogP contribution in [0.4, 0.5) is 5.69 Å². The first-order valence-electron chi connectivity index (χ1n) is 10.3. The number of aromatic nitrogens is 2. The second kappa shape index (κ2) is 7.89. The van der Waals surface area contributed by atoms with E-state index in [0.717, 1.165) is 0 Å². The van der Waals surface area contributed by atoms with E-state index in [9.17, 15) is 9.59 Å². The largest absolute Gasteiger partial charge is 0.434 e. The maximum Gasteiger partial charge on any atom is 0.268 e. The van der Waals surface area contributed by atoms with Crippen LogP contribution in [0.3, 0.4) is 0 Å². The Morgan fingerprint density at radius 1 is 1.28 bits per heavy atom. The lowest BCUT2D eigenvalue weighted by molar-refractivity contribution is 0.102. The van der Waals surface area contributed by atoms with E-state index in [4.69, 9.17) is 32.1 Å². The fourth-order valence-electron chi connectivity index (χ4n) is 3.23. The molecule has 6 nitrogen and oxygen atoms in total. The van der Waals surface area contributed by atoms with Crippen LogP contribution >= 0.6 is 23.2 Å². The van der Waals surface area contributed by atoms with E-state index in [1.165, 1.54) is 12.1 Å². The van der Waals surface area contributed by atoms with Crippen molar-refractivity contribution in [1.29, 1.82) is 0 Å². The fraction of sp³-hybridized carbons (Fsp3) is 0.190. The number of ether oxygens (including phenoxy) is 1. The zero-order valence-corrected chi connectivity index (χ0v) is 16.5. The molecular formula is C21H17Cl2N3O3. The number of aromatic amines is 1. The van der Waals surface area contributed by atoms with Crippen molar-refractivity contribution in [3.8, 4) is 11.6 Å². The van der Waals surface area contributed by atoms with Gasteiger partial charge in [-0.2, -0.15) is 0 Å². The van der Waals surface area contributed by atoms with Gasteiger partial charge in [0.15, 0.2) is 5.75 Å². The predicted octanol–water partition coefficient (Wildman–Crippen LogP) is 5.17. The molecule has 0 spiro atoms. The van der Waals surface area contributed by atoms with E-state index in [1.807, 2.05) is 0 Å². The van der Waals surface area contributed by atoms with Crippen LogP contribution in [0, 0.1) is 0 Å². The van der Waals surface area contributed by atoms with Gasteiger partial charge in [0, 0.05) is 26.5 Å². The number of benzene rings is 2. The molecule has 1 aliphatic rings. The minimum atomic E-state index is -2.31. The summed E-state index contributed by atoms with van der Waals surface area (Å²) in [5.74, 6) is -1.11. The van der Waals surface area contributed by atoms with Gasteiger partial charge in [-0.1, -0.05) is 48.3 Å². The lowest BCUT2D eigenvalue weighted by Crippen LogP contribution is -2.16. The molecule has 0 aliphatic heterocycles. The Hall–Kier alpha value is -2.83. The van der Waals surface area contributed by atoms with E-state index in [-0.39, 0.29) is 39.6 Å². The lowest BCUT2D eigenvalue weighted by Gasteiger charge is -2.13. The second-order valence-corrected chi connectivity index (χ2v) is 7.35. The van der Waals surface area contributed by atoms with E-state index < -0.39 is 18.3 Å². The minimum absolute atomic E-state index is 0.0382. The summed E-state index contributed by atoms with van der Waals surface area (Å²) in [4.78, 5) is 24.6. The molecule has 1 aliphatic carbocycles. The van der Waals surface area contributed by atoms with Gasteiger partial charge in [-0.05, 0) is 43.0 Å². The summed E-state index contributed by atoms with van der Waals surface area (Å²) in [7, 11) is 0. The van der Waals surface area contributed by atoms with Gasteiger partial charge in [-0.15, -0.1) is 5.10 Å².